The summed E-state index contributed by atoms with van der Waals surface area (Å²) in [5.74, 6) is -1.06. The molecule has 0 aliphatic carbocycles. The molecular formula is C22H16N4O5S. The van der Waals surface area contributed by atoms with Crippen molar-refractivity contribution in [2.75, 3.05) is 11.9 Å². The van der Waals surface area contributed by atoms with E-state index in [1.807, 2.05) is 0 Å². The van der Waals surface area contributed by atoms with Crippen molar-refractivity contribution in [3.05, 3.63) is 93.6 Å². The number of hydrogen-bond donors (Lipinski definition) is 1. The van der Waals surface area contributed by atoms with Crippen molar-refractivity contribution in [2.45, 2.75) is 0 Å². The van der Waals surface area contributed by atoms with Gasteiger partial charge in [-0.3, -0.25) is 29.4 Å². The lowest BCUT2D eigenvalue weighted by molar-refractivity contribution is -0.384. The molecule has 2 aromatic carbocycles. The molecule has 1 aliphatic rings. The van der Waals surface area contributed by atoms with Gasteiger partial charge in [0.25, 0.3) is 16.8 Å². The Hall–Kier alpha value is -4.18. The minimum absolute atomic E-state index is 0.0631. The van der Waals surface area contributed by atoms with Crippen LogP contribution in [0.3, 0.4) is 0 Å². The molecule has 160 valence electrons. The highest BCUT2D eigenvalue weighted by molar-refractivity contribution is 8.18. The van der Waals surface area contributed by atoms with E-state index in [0.29, 0.717) is 17.1 Å². The lowest BCUT2D eigenvalue weighted by atomic mass is 10.2. The van der Waals surface area contributed by atoms with E-state index in [0.717, 1.165) is 16.7 Å². The molecule has 1 aromatic heterocycles. The number of hydrogen-bond acceptors (Lipinski definition) is 6. The number of nitro benzene ring substituents is 1. The van der Waals surface area contributed by atoms with Gasteiger partial charge in [0.15, 0.2) is 0 Å². The van der Waals surface area contributed by atoms with E-state index in [-0.39, 0.29) is 10.6 Å². The fourth-order valence-electron chi connectivity index (χ4n) is 3.14. The molecule has 2 heterocycles. The molecule has 10 heteroatoms. The zero-order valence-corrected chi connectivity index (χ0v) is 17.3. The third-order valence-corrected chi connectivity index (χ3v) is 5.52. The highest BCUT2D eigenvalue weighted by Gasteiger charge is 2.36. The summed E-state index contributed by atoms with van der Waals surface area (Å²) in [6, 6.07) is 18.2. The molecule has 0 radical (unpaired) electrons. The third kappa shape index (κ3) is 4.44. The van der Waals surface area contributed by atoms with Crippen LogP contribution in [0.2, 0.25) is 0 Å². The van der Waals surface area contributed by atoms with E-state index in [1.54, 1.807) is 65.4 Å². The standard InChI is InChI=1S/C22H16N4O5S/c27-20(23-15-6-2-1-3-7-15)14-25-21(28)19(32-22(25)29)13-17-10-5-11-24(17)16-8-4-9-18(12-16)26(30)31/h1-13H,14H2,(H,23,27)/b19-13-. The first kappa shape index (κ1) is 21.1. The van der Waals surface area contributed by atoms with Gasteiger partial charge in [-0.25, -0.2) is 0 Å². The molecule has 1 aliphatic heterocycles. The average Bonchev–Trinajstić information content (AvgIpc) is 3.34. The number of nitro groups is 1. The Morgan fingerprint density at radius 3 is 2.59 bits per heavy atom. The summed E-state index contributed by atoms with van der Waals surface area (Å²) in [4.78, 5) is 49.0. The molecule has 0 bridgehead atoms. The molecule has 1 N–H and O–H groups in total. The van der Waals surface area contributed by atoms with Crippen LogP contribution in [0.25, 0.3) is 11.8 Å². The van der Waals surface area contributed by atoms with Gasteiger partial charge in [-0.15, -0.1) is 0 Å². The number of carbonyl (C=O) groups is 3. The summed E-state index contributed by atoms with van der Waals surface area (Å²) >= 11 is 0.737. The highest BCUT2D eigenvalue weighted by atomic mass is 32.2. The first-order valence-corrected chi connectivity index (χ1v) is 10.3. The van der Waals surface area contributed by atoms with Gasteiger partial charge in [0.05, 0.1) is 15.5 Å². The van der Waals surface area contributed by atoms with Crippen molar-refractivity contribution >= 4 is 46.3 Å². The Morgan fingerprint density at radius 1 is 1.06 bits per heavy atom. The number of nitrogens with one attached hydrogen (secondary N) is 1. The number of amides is 3. The second-order valence-electron chi connectivity index (χ2n) is 6.76. The molecule has 0 saturated carbocycles. The molecule has 1 fully saturated rings. The fraction of sp³-hybridized carbons (Fsp3) is 0.0455. The van der Waals surface area contributed by atoms with Crippen molar-refractivity contribution in [1.82, 2.24) is 9.47 Å². The van der Waals surface area contributed by atoms with E-state index in [2.05, 4.69) is 5.32 Å². The number of carbonyl (C=O) groups excluding carboxylic acids is 3. The van der Waals surface area contributed by atoms with E-state index < -0.39 is 28.5 Å². The van der Waals surface area contributed by atoms with Crippen molar-refractivity contribution in [2.24, 2.45) is 0 Å². The van der Waals surface area contributed by atoms with Crippen molar-refractivity contribution in [3.63, 3.8) is 0 Å². The predicted octanol–water partition coefficient (Wildman–Crippen LogP) is 4.06. The maximum absolute atomic E-state index is 12.8. The van der Waals surface area contributed by atoms with Crippen LogP contribution >= 0.6 is 11.8 Å². The van der Waals surface area contributed by atoms with Crippen molar-refractivity contribution in [3.8, 4) is 5.69 Å². The molecule has 1 saturated heterocycles. The summed E-state index contributed by atoms with van der Waals surface area (Å²) < 4.78 is 1.67. The number of aromatic nitrogens is 1. The molecule has 9 nitrogen and oxygen atoms in total. The quantitative estimate of drug-likeness (QED) is 0.345. The minimum atomic E-state index is -0.574. The Bertz CT molecular complexity index is 1250. The normalized spacial score (nSPS) is 14.8. The first-order chi connectivity index (χ1) is 15.4. The molecule has 3 aromatic rings. The number of imide groups is 1. The summed E-state index contributed by atoms with van der Waals surface area (Å²) in [6.07, 6.45) is 3.22. The molecule has 3 amide bonds. The van der Waals surface area contributed by atoms with Crippen LogP contribution in [0.1, 0.15) is 5.69 Å². The number of non-ortho nitro benzene ring substituents is 1. The van der Waals surface area contributed by atoms with Gasteiger partial charge in [-0.2, -0.15) is 0 Å². The Labute approximate surface area is 186 Å². The predicted molar refractivity (Wildman–Crippen MR) is 120 cm³/mol. The van der Waals surface area contributed by atoms with Crippen LogP contribution in [0.5, 0.6) is 0 Å². The van der Waals surface area contributed by atoms with Crippen molar-refractivity contribution < 1.29 is 19.3 Å². The van der Waals surface area contributed by atoms with Crippen LogP contribution in [-0.4, -0.2) is 38.0 Å². The van der Waals surface area contributed by atoms with Gasteiger partial charge < -0.3 is 9.88 Å². The van der Waals surface area contributed by atoms with Crippen LogP contribution in [0.15, 0.2) is 77.8 Å². The number of benzene rings is 2. The van der Waals surface area contributed by atoms with E-state index >= 15 is 0 Å². The van der Waals surface area contributed by atoms with Crippen LogP contribution in [0.4, 0.5) is 16.2 Å². The highest BCUT2D eigenvalue weighted by Crippen LogP contribution is 2.32. The van der Waals surface area contributed by atoms with Gasteiger partial charge in [-0.1, -0.05) is 24.3 Å². The smallest absolute Gasteiger partial charge is 0.294 e. The second kappa shape index (κ2) is 8.90. The number of rotatable bonds is 6. The SMILES string of the molecule is O=C(CN1C(=O)S/C(=C\c2cccn2-c2cccc([N+](=O)[O-])c2)C1=O)Nc1ccccc1. The zero-order valence-electron chi connectivity index (χ0n) is 16.5. The van der Waals surface area contributed by atoms with Gasteiger partial charge in [-0.05, 0) is 48.2 Å². The number of anilines is 1. The van der Waals surface area contributed by atoms with E-state index in [1.165, 1.54) is 18.2 Å². The number of nitrogens with zero attached hydrogens (tertiary/aromatic N) is 3. The molecular weight excluding hydrogens is 432 g/mol. The zero-order chi connectivity index (χ0) is 22.7. The fourth-order valence-corrected chi connectivity index (χ4v) is 3.96. The van der Waals surface area contributed by atoms with Crippen LogP contribution in [0, 0.1) is 10.1 Å². The maximum Gasteiger partial charge on any atom is 0.294 e. The monoisotopic (exact) mass is 448 g/mol. The Balaban J connectivity index is 1.53. The number of thioether (sulfide) groups is 1. The van der Waals surface area contributed by atoms with Gasteiger partial charge in [0, 0.05) is 29.7 Å². The Kier molecular flexibility index (Phi) is 5.86. The molecule has 0 atom stereocenters. The summed E-state index contributed by atoms with van der Waals surface area (Å²) in [5, 5.41) is 13.2. The van der Waals surface area contributed by atoms with Crippen molar-refractivity contribution in [1.29, 1.82) is 0 Å². The topological polar surface area (TPSA) is 115 Å². The van der Waals surface area contributed by atoms with E-state index in [9.17, 15) is 24.5 Å². The largest absolute Gasteiger partial charge is 0.325 e. The summed E-state index contributed by atoms with van der Waals surface area (Å²) in [6.45, 7) is -0.400. The lowest BCUT2D eigenvalue weighted by Crippen LogP contribution is -2.36. The van der Waals surface area contributed by atoms with Crippen LogP contribution < -0.4 is 5.32 Å². The summed E-state index contributed by atoms with van der Waals surface area (Å²) in [5.41, 5.74) is 1.60. The lowest BCUT2D eigenvalue weighted by Gasteiger charge is -2.12. The molecule has 0 spiro atoms. The van der Waals surface area contributed by atoms with Gasteiger partial charge in [0.1, 0.15) is 6.54 Å². The van der Waals surface area contributed by atoms with Crippen LogP contribution in [-0.2, 0) is 9.59 Å². The Morgan fingerprint density at radius 2 is 1.84 bits per heavy atom. The average molecular weight is 448 g/mol. The minimum Gasteiger partial charge on any atom is -0.325 e. The molecule has 32 heavy (non-hydrogen) atoms. The summed E-state index contributed by atoms with van der Waals surface area (Å²) in [7, 11) is 0. The second-order valence-corrected chi connectivity index (χ2v) is 7.76. The number of para-hydroxylation sites is 1. The first-order valence-electron chi connectivity index (χ1n) is 9.45. The van der Waals surface area contributed by atoms with Gasteiger partial charge in [0.2, 0.25) is 5.91 Å². The maximum atomic E-state index is 12.8. The molecule has 4 rings (SSSR count). The van der Waals surface area contributed by atoms with E-state index in [4.69, 9.17) is 0 Å². The van der Waals surface area contributed by atoms with Gasteiger partial charge >= 0.3 is 0 Å². The molecule has 0 unspecified atom stereocenters. The third-order valence-electron chi connectivity index (χ3n) is 4.61.